The third-order valence-electron chi connectivity index (χ3n) is 2.80. The smallest absolute Gasteiger partial charge is 0.235 e. The number of rotatable bonds is 6. The van der Waals surface area contributed by atoms with Gasteiger partial charge in [-0.1, -0.05) is 48.2 Å². The first-order valence-corrected chi connectivity index (χ1v) is 7.03. The fourth-order valence-corrected chi connectivity index (χ4v) is 2.85. The number of amides is 1. The van der Waals surface area contributed by atoms with Crippen LogP contribution in [0.2, 0.25) is 0 Å². The maximum Gasteiger partial charge on any atom is 0.235 e. The molecule has 1 aromatic carbocycles. The Morgan fingerprint density at radius 3 is 2.75 bits per heavy atom. The molecule has 6 heteroatoms. The normalized spacial score (nSPS) is 12.1. The van der Waals surface area contributed by atoms with Gasteiger partial charge < -0.3 is 10.3 Å². The summed E-state index contributed by atoms with van der Waals surface area (Å²) in [7, 11) is 0. The van der Waals surface area contributed by atoms with Crippen LogP contribution in [0.4, 0.5) is 0 Å². The van der Waals surface area contributed by atoms with Crippen molar-refractivity contribution in [1.82, 2.24) is 14.8 Å². The van der Waals surface area contributed by atoms with Crippen LogP contribution in [0.1, 0.15) is 16.6 Å². The minimum atomic E-state index is -0.483. The van der Waals surface area contributed by atoms with E-state index >= 15 is 0 Å². The predicted molar refractivity (Wildman–Crippen MR) is 79.2 cm³/mol. The molecule has 0 spiro atoms. The van der Waals surface area contributed by atoms with Crippen LogP contribution in [0.15, 0.2) is 48.1 Å². The number of benzene rings is 1. The second kappa shape index (κ2) is 6.38. The molecule has 0 aliphatic rings. The molecule has 0 aliphatic heterocycles. The molecular formula is C14H16N4OS. The summed E-state index contributed by atoms with van der Waals surface area (Å²) < 4.78 is 1.90. The Labute approximate surface area is 121 Å². The Kier molecular flexibility index (Phi) is 4.57. The van der Waals surface area contributed by atoms with Crippen molar-refractivity contribution in [2.75, 3.05) is 0 Å². The number of thioether (sulfide) groups is 1. The van der Waals surface area contributed by atoms with Crippen LogP contribution in [0, 0.1) is 6.92 Å². The quantitative estimate of drug-likeness (QED) is 0.652. The highest BCUT2D eigenvalue weighted by Crippen LogP contribution is 2.34. The van der Waals surface area contributed by atoms with Crippen LogP contribution in [0.3, 0.4) is 0 Å². The monoisotopic (exact) mass is 288 g/mol. The highest BCUT2D eigenvalue weighted by molar-refractivity contribution is 8.00. The van der Waals surface area contributed by atoms with Crippen molar-refractivity contribution in [3.8, 4) is 0 Å². The van der Waals surface area contributed by atoms with Crippen molar-refractivity contribution in [1.29, 1.82) is 0 Å². The highest BCUT2D eigenvalue weighted by Gasteiger charge is 2.22. The lowest BCUT2D eigenvalue weighted by molar-refractivity contribution is -0.117. The number of aromatic nitrogens is 3. The fourth-order valence-electron chi connectivity index (χ4n) is 1.81. The third-order valence-corrected chi connectivity index (χ3v) is 4.05. The summed E-state index contributed by atoms with van der Waals surface area (Å²) in [5.74, 6) is 0.385. The average Bonchev–Trinajstić information content (AvgIpc) is 2.78. The van der Waals surface area contributed by atoms with Crippen LogP contribution in [0.5, 0.6) is 0 Å². The van der Waals surface area contributed by atoms with Crippen molar-refractivity contribution < 1.29 is 4.79 Å². The van der Waals surface area contributed by atoms with Gasteiger partial charge in [0, 0.05) is 6.54 Å². The van der Waals surface area contributed by atoms with Gasteiger partial charge in [0.2, 0.25) is 5.91 Å². The van der Waals surface area contributed by atoms with Crippen molar-refractivity contribution in [3.05, 3.63) is 54.4 Å². The molecule has 0 radical (unpaired) electrons. The lowest BCUT2D eigenvalue weighted by Crippen LogP contribution is -2.19. The van der Waals surface area contributed by atoms with Gasteiger partial charge in [-0.25, -0.2) is 0 Å². The molecule has 0 saturated carbocycles. The average molecular weight is 288 g/mol. The Morgan fingerprint density at radius 1 is 1.45 bits per heavy atom. The first kappa shape index (κ1) is 14.3. The Morgan fingerprint density at radius 2 is 2.15 bits per heavy atom. The van der Waals surface area contributed by atoms with Crippen LogP contribution >= 0.6 is 11.8 Å². The summed E-state index contributed by atoms with van der Waals surface area (Å²) in [5.41, 5.74) is 6.37. The third kappa shape index (κ3) is 3.08. The summed E-state index contributed by atoms with van der Waals surface area (Å²) in [6, 6.07) is 9.42. The fraction of sp³-hybridized carbons (Fsp3) is 0.214. The molecule has 1 heterocycles. The minimum absolute atomic E-state index is 0.396. The van der Waals surface area contributed by atoms with Crippen molar-refractivity contribution >= 4 is 17.7 Å². The van der Waals surface area contributed by atoms with Crippen molar-refractivity contribution in [2.45, 2.75) is 23.9 Å². The maximum atomic E-state index is 11.7. The summed E-state index contributed by atoms with van der Waals surface area (Å²) >= 11 is 1.30. The van der Waals surface area contributed by atoms with E-state index < -0.39 is 11.2 Å². The van der Waals surface area contributed by atoms with E-state index in [1.807, 2.05) is 41.8 Å². The number of aryl methyl sites for hydroxylation is 1. The molecular weight excluding hydrogens is 272 g/mol. The van der Waals surface area contributed by atoms with Gasteiger partial charge >= 0.3 is 0 Å². The number of carbonyl (C=O) groups excluding carboxylic acids is 1. The first-order valence-electron chi connectivity index (χ1n) is 6.15. The molecule has 0 unspecified atom stereocenters. The zero-order chi connectivity index (χ0) is 14.5. The number of hydrogen-bond donors (Lipinski definition) is 1. The second-order valence-corrected chi connectivity index (χ2v) is 5.31. The van der Waals surface area contributed by atoms with Gasteiger partial charge in [0.05, 0.1) is 0 Å². The second-order valence-electron chi connectivity index (χ2n) is 4.24. The molecule has 2 N–H and O–H groups in total. The van der Waals surface area contributed by atoms with E-state index in [2.05, 4.69) is 16.8 Å². The van der Waals surface area contributed by atoms with Gasteiger partial charge in [-0.3, -0.25) is 4.79 Å². The van der Waals surface area contributed by atoms with Gasteiger partial charge in [0.1, 0.15) is 11.1 Å². The predicted octanol–water partition coefficient (Wildman–Crippen LogP) is 2.09. The summed E-state index contributed by atoms with van der Waals surface area (Å²) in [5, 5.41) is 8.31. The van der Waals surface area contributed by atoms with Gasteiger partial charge in [-0.15, -0.1) is 16.8 Å². The molecule has 2 aromatic rings. The molecule has 1 atom stereocenters. The van der Waals surface area contributed by atoms with Crippen LogP contribution in [0.25, 0.3) is 0 Å². The number of primary amides is 1. The minimum Gasteiger partial charge on any atom is -0.368 e. The molecule has 20 heavy (non-hydrogen) atoms. The Hall–Kier alpha value is -2.08. The summed E-state index contributed by atoms with van der Waals surface area (Å²) in [4.78, 5) is 11.7. The molecule has 2 rings (SSSR count). The van der Waals surface area contributed by atoms with E-state index in [0.29, 0.717) is 11.7 Å². The molecule has 1 aromatic heterocycles. The zero-order valence-corrected chi connectivity index (χ0v) is 12.0. The van der Waals surface area contributed by atoms with Gasteiger partial charge in [0.25, 0.3) is 0 Å². The number of allylic oxidation sites excluding steroid dienone is 1. The molecule has 0 saturated heterocycles. The molecule has 0 fully saturated rings. The van der Waals surface area contributed by atoms with Crippen LogP contribution in [-0.4, -0.2) is 20.7 Å². The Balaban J connectivity index is 2.30. The van der Waals surface area contributed by atoms with Gasteiger partial charge in [-0.2, -0.15) is 0 Å². The maximum absolute atomic E-state index is 11.7. The van der Waals surface area contributed by atoms with E-state index in [0.717, 1.165) is 11.4 Å². The van der Waals surface area contributed by atoms with E-state index in [1.54, 1.807) is 6.08 Å². The van der Waals surface area contributed by atoms with Gasteiger partial charge in [-0.05, 0) is 12.5 Å². The van der Waals surface area contributed by atoms with E-state index in [1.165, 1.54) is 11.8 Å². The largest absolute Gasteiger partial charge is 0.368 e. The number of nitrogens with two attached hydrogens (primary N) is 1. The molecule has 0 aliphatic carbocycles. The van der Waals surface area contributed by atoms with E-state index in [4.69, 9.17) is 5.73 Å². The van der Waals surface area contributed by atoms with E-state index in [-0.39, 0.29) is 0 Å². The number of nitrogens with zero attached hydrogens (tertiary/aromatic N) is 3. The highest BCUT2D eigenvalue weighted by atomic mass is 32.2. The summed E-state index contributed by atoms with van der Waals surface area (Å²) in [6.45, 7) is 6.18. The topological polar surface area (TPSA) is 73.8 Å². The lowest BCUT2D eigenvalue weighted by Gasteiger charge is -2.13. The van der Waals surface area contributed by atoms with Gasteiger partial charge in [0.15, 0.2) is 5.16 Å². The lowest BCUT2D eigenvalue weighted by atomic mass is 10.1. The van der Waals surface area contributed by atoms with Crippen LogP contribution < -0.4 is 5.73 Å². The first-order chi connectivity index (χ1) is 9.63. The van der Waals surface area contributed by atoms with Crippen LogP contribution in [-0.2, 0) is 11.3 Å². The van der Waals surface area contributed by atoms with Crippen molar-refractivity contribution in [3.63, 3.8) is 0 Å². The molecule has 1 amide bonds. The summed E-state index contributed by atoms with van der Waals surface area (Å²) in [6.07, 6.45) is 1.77. The number of hydrogen-bond acceptors (Lipinski definition) is 4. The molecule has 104 valence electrons. The number of carbonyl (C=O) groups is 1. The zero-order valence-electron chi connectivity index (χ0n) is 11.2. The SMILES string of the molecule is C=CCn1c(C)nnc1S[C@H](C(N)=O)c1ccccc1. The standard InChI is InChI=1S/C14H16N4OS/c1-3-9-18-10(2)16-17-14(18)20-12(13(15)19)11-7-5-4-6-8-11/h3-8,12H,1,9H2,2H3,(H2,15,19)/t12-/m0/s1. The molecule has 0 bridgehead atoms. The Bertz CT molecular complexity index is 609. The van der Waals surface area contributed by atoms with E-state index in [9.17, 15) is 4.79 Å². The molecule has 5 nitrogen and oxygen atoms in total. The van der Waals surface area contributed by atoms with Crippen molar-refractivity contribution in [2.24, 2.45) is 5.73 Å².